The molecular weight excluding hydrogens is 268 g/mol. The van der Waals surface area contributed by atoms with E-state index in [2.05, 4.69) is 35.5 Å². The Bertz CT molecular complexity index is 577. The molecular formula is C16H20N2OS. The van der Waals surface area contributed by atoms with E-state index in [0.717, 1.165) is 18.8 Å². The summed E-state index contributed by atoms with van der Waals surface area (Å²) < 4.78 is 2.07. The molecule has 1 aromatic carbocycles. The molecule has 0 fully saturated rings. The zero-order valence-electron chi connectivity index (χ0n) is 12.0. The molecule has 2 rings (SSSR count). The molecule has 0 aliphatic carbocycles. The number of hydrogen-bond acceptors (Lipinski definition) is 3. The van der Waals surface area contributed by atoms with Gasteiger partial charge in [-0.25, -0.2) is 4.98 Å². The maximum absolute atomic E-state index is 12.1. The van der Waals surface area contributed by atoms with Crippen molar-refractivity contribution in [1.82, 2.24) is 9.55 Å². The van der Waals surface area contributed by atoms with E-state index in [-0.39, 0.29) is 5.78 Å². The predicted octanol–water partition coefficient (Wildman–Crippen LogP) is 3.51. The fourth-order valence-electron chi connectivity index (χ4n) is 2.06. The SMILES string of the molecule is CCCn1ccnc1CC(=O)CSc1ccccc1C. The molecule has 4 heteroatoms. The number of aromatic nitrogens is 2. The molecule has 0 unspecified atom stereocenters. The first-order valence-electron chi connectivity index (χ1n) is 6.91. The number of thioether (sulfide) groups is 1. The van der Waals surface area contributed by atoms with Gasteiger partial charge in [-0.2, -0.15) is 0 Å². The van der Waals surface area contributed by atoms with Crippen LogP contribution in [0.25, 0.3) is 0 Å². The van der Waals surface area contributed by atoms with Crippen molar-refractivity contribution in [1.29, 1.82) is 0 Å². The number of benzene rings is 1. The number of aryl methyl sites for hydroxylation is 2. The van der Waals surface area contributed by atoms with E-state index in [0.29, 0.717) is 12.2 Å². The summed E-state index contributed by atoms with van der Waals surface area (Å²) in [6, 6.07) is 8.16. The zero-order chi connectivity index (χ0) is 14.4. The number of rotatable bonds is 7. The molecule has 0 amide bonds. The highest BCUT2D eigenvalue weighted by Gasteiger charge is 2.10. The van der Waals surface area contributed by atoms with Crippen LogP contribution in [0.4, 0.5) is 0 Å². The van der Waals surface area contributed by atoms with Crippen molar-refractivity contribution in [3.05, 3.63) is 48.0 Å². The van der Waals surface area contributed by atoms with Gasteiger partial charge in [0.15, 0.2) is 5.78 Å². The fraction of sp³-hybridized carbons (Fsp3) is 0.375. The second-order valence-electron chi connectivity index (χ2n) is 4.81. The number of ketones is 1. The third kappa shape index (κ3) is 3.97. The van der Waals surface area contributed by atoms with Gasteiger partial charge in [-0.15, -0.1) is 11.8 Å². The van der Waals surface area contributed by atoms with Gasteiger partial charge in [-0.1, -0.05) is 25.1 Å². The lowest BCUT2D eigenvalue weighted by Gasteiger charge is -2.06. The minimum atomic E-state index is 0.224. The van der Waals surface area contributed by atoms with E-state index >= 15 is 0 Å². The molecule has 1 heterocycles. The molecule has 0 radical (unpaired) electrons. The van der Waals surface area contributed by atoms with Gasteiger partial charge in [0.25, 0.3) is 0 Å². The molecule has 2 aromatic rings. The van der Waals surface area contributed by atoms with Crippen LogP contribution in [0.15, 0.2) is 41.6 Å². The molecule has 0 aliphatic heterocycles. The summed E-state index contributed by atoms with van der Waals surface area (Å²) in [5.41, 5.74) is 1.22. The maximum Gasteiger partial charge on any atom is 0.150 e. The molecule has 0 atom stereocenters. The van der Waals surface area contributed by atoms with Crippen LogP contribution in [0.3, 0.4) is 0 Å². The summed E-state index contributed by atoms with van der Waals surface area (Å²) in [6.45, 7) is 5.12. The van der Waals surface area contributed by atoms with E-state index in [9.17, 15) is 4.79 Å². The third-order valence-electron chi connectivity index (χ3n) is 3.10. The monoisotopic (exact) mass is 288 g/mol. The van der Waals surface area contributed by atoms with E-state index in [4.69, 9.17) is 0 Å². The van der Waals surface area contributed by atoms with Gasteiger partial charge in [0.05, 0.1) is 12.2 Å². The lowest BCUT2D eigenvalue weighted by atomic mass is 10.2. The van der Waals surface area contributed by atoms with Crippen LogP contribution >= 0.6 is 11.8 Å². The first-order valence-corrected chi connectivity index (χ1v) is 7.89. The van der Waals surface area contributed by atoms with E-state index in [1.165, 1.54) is 10.5 Å². The summed E-state index contributed by atoms with van der Waals surface area (Å²) in [5.74, 6) is 1.60. The topological polar surface area (TPSA) is 34.9 Å². The van der Waals surface area contributed by atoms with E-state index in [1.807, 2.05) is 18.3 Å². The quantitative estimate of drug-likeness (QED) is 0.731. The molecule has 106 valence electrons. The standard InChI is InChI=1S/C16H20N2OS/c1-3-9-18-10-8-17-16(18)11-14(19)12-20-15-7-5-4-6-13(15)2/h4-8,10H,3,9,11-12H2,1-2H3. The van der Waals surface area contributed by atoms with Gasteiger partial charge in [0, 0.05) is 23.8 Å². The Morgan fingerprint density at radius 1 is 1.35 bits per heavy atom. The van der Waals surface area contributed by atoms with Gasteiger partial charge in [-0.05, 0) is 25.0 Å². The van der Waals surface area contributed by atoms with Crippen molar-refractivity contribution >= 4 is 17.5 Å². The molecule has 0 N–H and O–H groups in total. The number of imidazole rings is 1. The Balaban J connectivity index is 1.90. The Hall–Kier alpha value is -1.55. The van der Waals surface area contributed by atoms with Gasteiger partial charge >= 0.3 is 0 Å². The predicted molar refractivity (Wildman–Crippen MR) is 83.1 cm³/mol. The van der Waals surface area contributed by atoms with E-state index < -0.39 is 0 Å². The van der Waals surface area contributed by atoms with Crippen molar-refractivity contribution in [2.75, 3.05) is 5.75 Å². The largest absolute Gasteiger partial charge is 0.335 e. The van der Waals surface area contributed by atoms with Gasteiger partial charge in [-0.3, -0.25) is 4.79 Å². The van der Waals surface area contributed by atoms with Gasteiger partial charge in [0.1, 0.15) is 5.82 Å². The highest BCUT2D eigenvalue weighted by molar-refractivity contribution is 8.00. The second kappa shape index (κ2) is 7.29. The number of hydrogen-bond donors (Lipinski definition) is 0. The minimum Gasteiger partial charge on any atom is -0.335 e. The van der Waals surface area contributed by atoms with Crippen LogP contribution < -0.4 is 0 Å². The Morgan fingerprint density at radius 2 is 2.15 bits per heavy atom. The lowest BCUT2D eigenvalue weighted by molar-refractivity contribution is -0.116. The number of carbonyl (C=O) groups is 1. The van der Waals surface area contributed by atoms with Crippen LogP contribution in [-0.2, 0) is 17.8 Å². The second-order valence-corrected chi connectivity index (χ2v) is 5.82. The lowest BCUT2D eigenvalue weighted by Crippen LogP contribution is -2.11. The highest BCUT2D eigenvalue weighted by atomic mass is 32.2. The summed E-state index contributed by atoms with van der Waals surface area (Å²) in [4.78, 5) is 17.5. The van der Waals surface area contributed by atoms with Crippen LogP contribution in [-0.4, -0.2) is 21.1 Å². The van der Waals surface area contributed by atoms with Crippen LogP contribution in [0, 0.1) is 6.92 Å². The van der Waals surface area contributed by atoms with Crippen molar-refractivity contribution in [2.24, 2.45) is 0 Å². The molecule has 3 nitrogen and oxygen atoms in total. The average molecular weight is 288 g/mol. The highest BCUT2D eigenvalue weighted by Crippen LogP contribution is 2.22. The summed E-state index contributed by atoms with van der Waals surface area (Å²) in [6.07, 6.45) is 5.19. The molecule has 0 aliphatic rings. The zero-order valence-corrected chi connectivity index (χ0v) is 12.8. The number of nitrogens with zero attached hydrogens (tertiary/aromatic N) is 2. The molecule has 1 aromatic heterocycles. The fourth-order valence-corrected chi connectivity index (χ4v) is 2.94. The molecule has 0 saturated heterocycles. The van der Waals surface area contributed by atoms with Gasteiger partial charge < -0.3 is 4.57 Å². The summed E-state index contributed by atoms with van der Waals surface area (Å²) in [7, 11) is 0. The first kappa shape index (κ1) is 14.9. The van der Waals surface area contributed by atoms with Crippen molar-refractivity contribution in [3.63, 3.8) is 0 Å². The summed E-state index contributed by atoms with van der Waals surface area (Å²) in [5, 5.41) is 0. The first-order chi connectivity index (χ1) is 9.70. The van der Waals surface area contributed by atoms with Gasteiger partial charge in [0.2, 0.25) is 0 Å². The Morgan fingerprint density at radius 3 is 2.90 bits per heavy atom. The molecule has 0 saturated carbocycles. The molecule has 0 spiro atoms. The van der Waals surface area contributed by atoms with Crippen molar-refractivity contribution in [3.8, 4) is 0 Å². The average Bonchev–Trinajstić information content (AvgIpc) is 2.86. The van der Waals surface area contributed by atoms with Crippen LogP contribution in [0.5, 0.6) is 0 Å². The van der Waals surface area contributed by atoms with Crippen molar-refractivity contribution < 1.29 is 4.79 Å². The molecule has 20 heavy (non-hydrogen) atoms. The third-order valence-corrected chi connectivity index (χ3v) is 4.34. The Kier molecular flexibility index (Phi) is 5.41. The maximum atomic E-state index is 12.1. The van der Waals surface area contributed by atoms with Crippen LogP contribution in [0.2, 0.25) is 0 Å². The normalized spacial score (nSPS) is 10.7. The van der Waals surface area contributed by atoms with Crippen molar-refractivity contribution in [2.45, 2.75) is 38.1 Å². The van der Waals surface area contributed by atoms with Crippen LogP contribution in [0.1, 0.15) is 24.7 Å². The smallest absolute Gasteiger partial charge is 0.150 e. The van der Waals surface area contributed by atoms with E-state index in [1.54, 1.807) is 18.0 Å². The number of carbonyl (C=O) groups excluding carboxylic acids is 1. The molecule has 0 bridgehead atoms. The summed E-state index contributed by atoms with van der Waals surface area (Å²) >= 11 is 1.61. The number of Topliss-reactive ketones (excluding diaryl/α,β-unsaturated/α-hetero) is 1. The Labute approximate surface area is 124 Å². The minimum absolute atomic E-state index is 0.224.